The monoisotopic (exact) mass is 866 g/mol. The van der Waals surface area contributed by atoms with E-state index in [0.717, 1.165) is 22.5 Å². The number of carbonyl (C=O) groups excluding carboxylic acids is 2. The van der Waals surface area contributed by atoms with Crippen LogP contribution in [0.25, 0.3) is 12.2 Å². The molecule has 328 valence electrons. The van der Waals surface area contributed by atoms with Crippen molar-refractivity contribution in [2.45, 2.75) is 50.0 Å². The van der Waals surface area contributed by atoms with Gasteiger partial charge in [-0.25, -0.2) is 0 Å². The molecule has 2 unspecified atom stereocenters. The molecule has 0 radical (unpaired) electrons. The molecule has 64 heavy (non-hydrogen) atoms. The molecule has 4 heterocycles. The Kier molecular flexibility index (Phi) is 10.4. The van der Waals surface area contributed by atoms with E-state index >= 15 is 0 Å². The highest BCUT2D eigenvalue weighted by molar-refractivity contribution is 5.97. The highest BCUT2D eigenvalue weighted by Gasteiger charge is 2.61. The molecule has 0 aromatic heterocycles. The van der Waals surface area contributed by atoms with E-state index in [1.165, 1.54) is 26.4 Å². The normalized spacial score (nSPS) is 19.8. The van der Waals surface area contributed by atoms with Gasteiger partial charge in [-0.3, -0.25) is 19.7 Å². The number of methoxy groups -OCH3 is 2. The van der Waals surface area contributed by atoms with E-state index in [-0.39, 0.29) is 41.8 Å². The summed E-state index contributed by atoms with van der Waals surface area (Å²) in [5.41, 5.74) is 2.33. The van der Waals surface area contributed by atoms with Gasteiger partial charge in [-0.15, -0.1) is 0 Å². The first-order valence-electron chi connectivity index (χ1n) is 20.3. The van der Waals surface area contributed by atoms with Gasteiger partial charge in [0.15, 0.2) is 23.0 Å². The minimum Gasteiger partial charge on any atom is -0.870 e. The predicted molar refractivity (Wildman–Crippen MR) is 241 cm³/mol. The fourth-order valence-corrected chi connectivity index (χ4v) is 9.54. The first-order valence-corrected chi connectivity index (χ1v) is 20.3. The summed E-state index contributed by atoms with van der Waals surface area (Å²) < 4.78 is 25.0. The third-order valence-electron chi connectivity index (χ3n) is 12.8. The number of hydrogen-bond donors (Lipinski definition) is 3. The maximum absolute atomic E-state index is 14.0. The third-order valence-corrected chi connectivity index (χ3v) is 12.8. The molecule has 0 saturated heterocycles. The maximum atomic E-state index is 14.0. The molecule has 16 heteroatoms. The molecule has 0 aliphatic carbocycles. The number of ether oxygens (including phenoxy) is 4. The Hall–Kier alpha value is -7.72. The number of nitrogens with one attached hydrogen (secondary N) is 3. The molecule has 16 nitrogen and oxygen atoms in total. The lowest BCUT2D eigenvalue weighted by Crippen LogP contribution is -2.61. The van der Waals surface area contributed by atoms with E-state index in [1.54, 1.807) is 42.5 Å². The number of para-hydroxylation sites is 2. The molecule has 5 aromatic rings. The highest BCUT2D eigenvalue weighted by atomic mass is 16.6. The van der Waals surface area contributed by atoms with E-state index in [9.17, 15) is 24.6 Å². The van der Waals surface area contributed by atoms with Crippen LogP contribution in [0.1, 0.15) is 49.9 Å². The molecule has 4 aliphatic rings. The standard InChI is InChI=1S/C48H44N6O9.H2O/c1-45(2)35-11-7-9-13-37(35)52(47(45)21-19-29-23-33(51-57)25-39(60-5)43(29)62-47)27-41(55)49-31-15-17-32(18-16-31)50-42(56)28-53-38-14-10-8-12-36(38)46(3,4)48(53)22-20-30-24-34(54(58)59)26-40(61-6)44(30)63-48;/h7-26H,27-28H2,1-6H3,(H,49,55)(H,50,56);1H2. The lowest BCUT2D eigenvalue weighted by atomic mass is 9.76. The second-order valence-electron chi connectivity index (χ2n) is 16.9. The average Bonchev–Trinajstić information content (AvgIpc) is 3.56. The van der Waals surface area contributed by atoms with Gasteiger partial charge >= 0.3 is 0 Å². The zero-order valence-corrected chi connectivity index (χ0v) is 35.9. The van der Waals surface area contributed by atoms with Crippen LogP contribution in [0.3, 0.4) is 0 Å². The molecule has 0 saturated carbocycles. The number of benzene rings is 5. The molecule has 5 aromatic carbocycles. The summed E-state index contributed by atoms with van der Waals surface area (Å²) >= 11 is 0. The van der Waals surface area contributed by atoms with Crippen LogP contribution in [0.2, 0.25) is 0 Å². The second kappa shape index (κ2) is 15.6. The summed E-state index contributed by atoms with van der Waals surface area (Å²) in [6.45, 7) is 8.03. The van der Waals surface area contributed by atoms with Gasteiger partial charge in [0.1, 0.15) is 13.1 Å². The van der Waals surface area contributed by atoms with Gasteiger partial charge in [0.05, 0.1) is 42.1 Å². The van der Waals surface area contributed by atoms with Gasteiger partial charge in [-0.1, -0.05) is 36.4 Å². The first-order chi connectivity index (χ1) is 30.2. The number of hydrogen-bond acceptors (Lipinski definition) is 12. The van der Waals surface area contributed by atoms with Crippen molar-refractivity contribution in [3.05, 3.63) is 146 Å². The van der Waals surface area contributed by atoms with Gasteiger partial charge in [-0.2, -0.15) is 0 Å². The fourth-order valence-electron chi connectivity index (χ4n) is 9.54. The van der Waals surface area contributed by atoms with Crippen molar-refractivity contribution < 1.29 is 44.1 Å². The molecule has 2 spiro atoms. The van der Waals surface area contributed by atoms with Crippen molar-refractivity contribution in [1.82, 2.24) is 0 Å². The van der Waals surface area contributed by atoms with E-state index in [2.05, 4.69) is 24.5 Å². The average molecular weight is 867 g/mol. The first kappa shape index (κ1) is 42.9. The number of carbonyl (C=O) groups is 2. The predicted octanol–water partition coefficient (Wildman–Crippen LogP) is 6.99. The SMILES string of the molecule is COc1cc([NH+]=O)cc2c1OC1(C=C2)N(CC(=O)Nc2ccc(NC(=O)CN3c4ccccc4C(C)(C)C34C=Cc3cc([N+](=O)[O-])cc(OC)c3O4)cc2)c2ccccc2C1(C)C.[OH-]. The van der Waals surface area contributed by atoms with Crippen LogP contribution in [0.15, 0.2) is 109 Å². The maximum Gasteiger partial charge on any atom is 0.274 e. The van der Waals surface area contributed by atoms with Gasteiger partial charge in [0.2, 0.25) is 23.3 Å². The number of rotatable bonds is 10. The number of nitrogens with zero attached hydrogens (tertiary/aromatic N) is 3. The zero-order valence-electron chi connectivity index (χ0n) is 35.9. The molecule has 4 aliphatic heterocycles. The Morgan fingerprint density at radius 2 is 1.12 bits per heavy atom. The summed E-state index contributed by atoms with van der Waals surface area (Å²) in [4.78, 5) is 54.5. The molecule has 0 bridgehead atoms. The van der Waals surface area contributed by atoms with Crippen LogP contribution in [0.4, 0.5) is 34.1 Å². The summed E-state index contributed by atoms with van der Waals surface area (Å²) in [5, 5.41) is 19.6. The van der Waals surface area contributed by atoms with Crippen molar-refractivity contribution in [3.8, 4) is 23.0 Å². The van der Waals surface area contributed by atoms with Crippen LogP contribution in [0, 0.1) is 15.0 Å². The quantitative estimate of drug-likeness (QED) is 0.0960. The minimum absolute atomic E-state index is 0. The Bertz CT molecular complexity index is 2800. The summed E-state index contributed by atoms with van der Waals surface area (Å²) in [6.07, 6.45) is 7.45. The van der Waals surface area contributed by atoms with Crippen LogP contribution >= 0.6 is 0 Å². The van der Waals surface area contributed by atoms with Gasteiger partial charge in [0.25, 0.3) is 11.4 Å². The van der Waals surface area contributed by atoms with Crippen LogP contribution in [-0.2, 0) is 20.4 Å². The van der Waals surface area contributed by atoms with Crippen LogP contribution in [-0.4, -0.2) is 61.0 Å². The lowest BCUT2D eigenvalue weighted by Gasteiger charge is -2.47. The number of nitro benzene ring substituents is 1. The van der Waals surface area contributed by atoms with Crippen molar-refractivity contribution >= 4 is 58.1 Å². The molecular weight excluding hydrogens is 821 g/mol. The number of fused-ring (bicyclic) bond motifs is 4. The second-order valence-corrected chi connectivity index (χ2v) is 16.9. The van der Waals surface area contributed by atoms with Crippen molar-refractivity contribution in [1.29, 1.82) is 0 Å². The number of nitro groups is 1. The van der Waals surface area contributed by atoms with E-state index < -0.39 is 27.2 Å². The molecule has 2 atom stereocenters. The van der Waals surface area contributed by atoms with Gasteiger partial charge in [-0.05, 0) is 99.5 Å². The largest absolute Gasteiger partial charge is 0.870 e. The molecule has 9 rings (SSSR count). The summed E-state index contributed by atoms with van der Waals surface area (Å²) in [7, 11) is 2.94. The number of anilines is 4. The molecule has 2 amide bonds. The lowest BCUT2D eigenvalue weighted by molar-refractivity contribution is -0.385. The fraction of sp³-hybridized carbons (Fsp3) is 0.250. The highest BCUT2D eigenvalue weighted by Crippen LogP contribution is 2.58. The summed E-state index contributed by atoms with van der Waals surface area (Å²) in [5.74, 6) is 0.762. The molecule has 0 fully saturated rings. The zero-order chi connectivity index (χ0) is 44.5. The van der Waals surface area contributed by atoms with Crippen LogP contribution in [0.5, 0.6) is 23.0 Å². The third kappa shape index (κ3) is 6.47. The van der Waals surface area contributed by atoms with Gasteiger partial charge in [0, 0.05) is 56.1 Å². The van der Waals surface area contributed by atoms with E-state index in [4.69, 9.17) is 18.9 Å². The number of nitroso groups, excluding NO2 is 1. The van der Waals surface area contributed by atoms with E-state index in [1.807, 2.05) is 95.6 Å². The Labute approximate surface area is 368 Å². The number of non-ortho nitro benzene ring substituents is 1. The van der Waals surface area contributed by atoms with Gasteiger partial charge < -0.3 is 44.9 Å². The Morgan fingerprint density at radius 1 is 0.688 bits per heavy atom. The summed E-state index contributed by atoms with van der Waals surface area (Å²) in [6, 6.07) is 28.6. The Morgan fingerprint density at radius 3 is 1.56 bits per heavy atom. The van der Waals surface area contributed by atoms with Crippen molar-refractivity contribution in [2.24, 2.45) is 0 Å². The molecular formula is C48H46N6O10. The number of amides is 2. The Balaban J connectivity index is 0.00000560. The smallest absolute Gasteiger partial charge is 0.274 e. The van der Waals surface area contributed by atoms with Crippen molar-refractivity contribution in [3.63, 3.8) is 0 Å². The van der Waals surface area contributed by atoms with Crippen LogP contribution < -0.4 is 44.6 Å². The minimum atomic E-state index is -1.20. The van der Waals surface area contributed by atoms with Crippen molar-refractivity contribution in [2.75, 3.05) is 47.7 Å². The van der Waals surface area contributed by atoms with E-state index in [0.29, 0.717) is 45.4 Å². The topological polar surface area (TPSA) is 206 Å². The molecule has 4 N–H and O–H groups in total.